The second-order valence-electron chi connectivity index (χ2n) is 6.73. The van der Waals surface area contributed by atoms with Gasteiger partial charge in [0.15, 0.2) is 11.5 Å². The third kappa shape index (κ3) is 5.58. The first kappa shape index (κ1) is 20.9. The number of rotatable bonds is 7. The average molecular weight is 412 g/mol. The van der Waals surface area contributed by atoms with E-state index in [9.17, 15) is 4.39 Å². The van der Waals surface area contributed by atoms with Gasteiger partial charge in [-0.15, -0.1) is 0 Å². The number of aryl methyl sites for hydroxylation is 2. The normalized spacial score (nSPS) is 11.1. The van der Waals surface area contributed by atoms with Crippen LogP contribution in [0.3, 0.4) is 0 Å². The van der Waals surface area contributed by atoms with Crippen LogP contribution in [0, 0.1) is 19.7 Å². The van der Waals surface area contributed by atoms with Crippen molar-refractivity contribution in [2.45, 2.75) is 27.4 Å². The molecule has 0 fully saturated rings. The molecule has 0 bridgehead atoms. The van der Waals surface area contributed by atoms with Crippen LogP contribution in [0.25, 0.3) is 0 Å². The fourth-order valence-corrected chi connectivity index (χ4v) is 3.17. The zero-order chi connectivity index (χ0) is 20.8. The fraction of sp³-hybridized carbons (Fsp3) is 0.208. The van der Waals surface area contributed by atoms with Crippen LogP contribution in [0.1, 0.15) is 29.2 Å². The zero-order valence-electron chi connectivity index (χ0n) is 16.7. The van der Waals surface area contributed by atoms with Crippen LogP contribution >= 0.6 is 11.6 Å². The van der Waals surface area contributed by atoms with Crippen LogP contribution in [0.4, 0.5) is 10.1 Å². The molecule has 3 aromatic carbocycles. The molecule has 0 aromatic heterocycles. The Morgan fingerprint density at radius 2 is 1.76 bits per heavy atom. The van der Waals surface area contributed by atoms with Crippen molar-refractivity contribution < 1.29 is 13.9 Å². The Labute approximate surface area is 175 Å². The molecule has 150 valence electrons. The second-order valence-corrected chi connectivity index (χ2v) is 7.13. The van der Waals surface area contributed by atoms with Gasteiger partial charge >= 0.3 is 0 Å². The van der Waals surface area contributed by atoms with Crippen molar-refractivity contribution in [1.82, 2.24) is 0 Å². The summed E-state index contributed by atoms with van der Waals surface area (Å²) in [7, 11) is 0. The summed E-state index contributed by atoms with van der Waals surface area (Å²) in [4.78, 5) is 4.58. The van der Waals surface area contributed by atoms with Crippen molar-refractivity contribution in [2.24, 2.45) is 4.99 Å². The van der Waals surface area contributed by atoms with Crippen LogP contribution in [0.2, 0.25) is 5.02 Å². The molecule has 0 aliphatic carbocycles. The lowest BCUT2D eigenvalue weighted by Gasteiger charge is -2.14. The molecule has 3 rings (SSSR count). The lowest BCUT2D eigenvalue weighted by atomic mass is 10.1. The Bertz CT molecular complexity index is 1020. The van der Waals surface area contributed by atoms with Gasteiger partial charge in [-0.2, -0.15) is 0 Å². The number of hydrogen-bond donors (Lipinski definition) is 0. The SMILES string of the molecule is CCOc1cc(C=Nc2ccc(C)cc2C)cc(Cl)c1OCc1ccc(F)cc1. The van der Waals surface area contributed by atoms with Crippen molar-refractivity contribution in [3.63, 3.8) is 0 Å². The molecule has 0 atom stereocenters. The van der Waals surface area contributed by atoms with Gasteiger partial charge in [-0.3, -0.25) is 4.99 Å². The number of nitrogens with zero attached hydrogens (tertiary/aromatic N) is 1. The fourth-order valence-electron chi connectivity index (χ4n) is 2.90. The van der Waals surface area contributed by atoms with E-state index in [4.69, 9.17) is 21.1 Å². The van der Waals surface area contributed by atoms with E-state index in [1.807, 2.05) is 32.0 Å². The van der Waals surface area contributed by atoms with Gasteiger partial charge in [-0.25, -0.2) is 4.39 Å². The molecule has 29 heavy (non-hydrogen) atoms. The van der Waals surface area contributed by atoms with Gasteiger partial charge in [0.1, 0.15) is 12.4 Å². The summed E-state index contributed by atoms with van der Waals surface area (Å²) in [5.41, 5.74) is 4.86. The highest BCUT2D eigenvalue weighted by Crippen LogP contribution is 2.37. The van der Waals surface area contributed by atoms with Gasteiger partial charge in [0.05, 0.1) is 17.3 Å². The molecule has 0 radical (unpaired) electrons. The highest BCUT2D eigenvalue weighted by Gasteiger charge is 2.13. The first-order valence-electron chi connectivity index (χ1n) is 9.41. The van der Waals surface area contributed by atoms with E-state index in [-0.39, 0.29) is 12.4 Å². The third-order valence-electron chi connectivity index (χ3n) is 4.33. The maximum absolute atomic E-state index is 13.1. The first-order chi connectivity index (χ1) is 14.0. The minimum Gasteiger partial charge on any atom is -0.490 e. The summed E-state index contributed by atoms with van der Waals surface area (Å²) in [5, 5.41) is 0.431. The summed E-state index contributed by atoms with van der Waals surface area (Å²) in [6.45, 7) is 6.72. The van der Waals surface area contributed by atoms with Gasteiger partial charge in [-0.1, -0.05) is 41.4 Å². The summed E-state index contributed by atoms with van der Waals surface area (Å²) in [5.74, 6) is 0.722. The highest BCUT2D eigenvalue weighted by molar-refractivity contribution is 6.32. The molecule has 5 heteroatoms. The maximum atomic E-state index is 13.1. The Morgan fingerprint density at radius 3 is 2.45 bits per heavy atom. The number of ether oxygens (including phenoxy) is 2. The number of halogens is 2. The largest absolute Gasteiger partial charge is 0.490 e. The average Bonchev–Trinajstić information content (AvgIpc) is 2.68. The van der Waals surface area contributed by atoms with Crippen LogP contribution in [0.5, 0.6) is 11.5 Å². The van der Waals surface area contributed by atoms with Crippen LogP contribution in [-0.2, 0) is 6.61 Å². The Balaban J connectivity index is 1.83. The molecule has 0 aliphatic heterocycles. The predicted molar refractivity (Wildman–Crippen MR) is 117 cm³/mol. The minimum atomic E-state index is -0.283. The molecule has 0 aliphatic rings. The van der Waals surface area contributed by atoms with E-state index in [2.05, 4.69) is 18.0 Å². The van der Waals surface area contributed by atoms with Crippen molar-refractivity contribution in [3.8, 4) is 11.5 Å². The van der Waals surface area contributed by atoms with Crippen LogP contribution < -0.4 is 9.47 Å². The van der Waals surface area contributed by atoms with Crippen LogP contribution in [-0.4, -0.2) is 12.8 Å². The van der Waals surface area contributed by atoms with E-state index in [0.29, 0.717) is 23.1 Å². The molecule has 0 heterocycles. The molecule has 3 aromatic rings. The molecule has 0 N–H and O–H groups in total. The first-order valence-corrected chi connectivity index (χ1v) is 9.79. The minimum absolute atomic E-state index is 0.260. The summed E-state index contributed by atoms with van der Waals surface area (Å²) in [6, 6.07) is 15.9. The standard InChI is InChI=1S/C24H23ClFNO2/c1-4-28-23-13-19(14-27-22-10-5-16(2)11-17(22)3)12-21(25)24(23)29-15-18-6-8-20(26)9-7-18/h5-14H,4,15H2,1-3H3. The van der Waals surface area contributed by atoms with Crippen molar-refractivity contribution >= 4 is 23.5 Å². The van der Waals surface area contributed by atoms with Gasteiger partial charge in [0.25, 0.3) is 0 Å². The molecular weight excluding hydrogens is 389 g/mol. The highest BCUT2D eigenvalue weighted by atomic mass is 35.5. The lowest BCUT2D eigenvalue weighted by Crippen LogP contribution is -2.01. The molecule has 0 unspecified atom stereocenters. The van der Waals surface area contributed by atoms with Gasteiger partial charge < -0.3 is 9.47 Å². The Morgan fingerprint density at radius 1 is 1.00 bits per heavy atom. The lowest BCUT2D eigenvalue weighted by molar-refractivity contribution is 0.269. The smallest absolute Gasteiger partial charge is 0.180 e. The van der Waals surface area contributed by atoms with Crippen LogP contribution in [0.15, 0.2) is 59.6 Å². The van der Waals surface area contributed by atoms with E-state index in [1.54, 1.807) is 24.4 Å². The zero-order valence-corrected chi connectivity index (χ0v) is 17.5. The molecule has 3 nitrogen and oxygen atoms in total. The Kier molecular flexibility index (Phi) is 6.89. The number of hydrogen-bond acceptors (Lipinski definition) is 3. The van der Waals surface area contributed by atoms with Crippen molar-refractivity contribution in [3.05, 3.63) is 87.7 Å². The number of aliphatic imine (C=N–C) groups is 1. The van der Waals surface area contributed by atoms with Gasteiger partial charge in [0.2, 0.25) is 0 Å². The Hall–Kier alpha value is -2.85. The van der Waals surface area contributed by atoms with Gasteiger partial charge in [0, 0.05) is 6.21 Å². The van der Waals surface area contributed by atoms with Crippen molar-refractivity contribution in [1.29, 1.82) is 0 Å². The third-order valence-corrected chi connectivity index (χ3v) is 4.61. The topological polar surface area (TPSA) is 30.8 Å². The molecule has 0 spiro atoms. The van der Waals surface area contributed by atoms with E-state index < -0.39 is 0 Å². The quantitative estimate of drug-likeness (QED) is 0.399. The molecule has 0 amide bonds. The summed E-state index contributed by atoms with van der Waals surface area (Å²) in [6.07, 6.45) is 1.76. The molecule has 0 saturated heterocycles. The maximum Gasteiger partial charge on any atom is 0.180 e. The van der Waals surface area contributed by atoms with E-state index >= 15 is 0 Å². The monoisotopic (exact) mass is 411 g/mol. The second kappa shape index (κ2) is 9.57. The van der Waals surface area contributed by atoms with E-state index in [0.717, 1.165) is 22.4 Å². The molecule has 0 saturated carbocycles. The predicted octanol–water partition coefficient (Wildman–Crippen LogP) is 6.82. The summed E-state index contributed by atoms with van der Waals surface area (Å²) >= 11 is 6.47. The summed E-state index contributed by atoms with van der Waals surface area (Å²) < 4.78 is 24.7. The van der Waals surface area contributed by atoms with Gasteiger partial charge in [-0.05, 0) is 67.8 Å². The van der Waals surface area contributed by atoms with Crippen molar-refractivity contribution in [2.75, 3.05) is 6.61 Å². The van der Waals surface area contributed by atoms with E-state index in [1.165, 1.54) is 17.7 Å². The molecular formula is C24H23ClFNO2. The number of benzene rings is 3.